The minimum atomic E-state index is 0. The average molecular weight is 261 g/mol. The predicted molar refractivity (Wildman–Crippen MR) is 67.2 cm³/mol. The van der Waals surface area contributed by atoms with Crippen LogP contribution in [-0.4, -0.2) is 29.9 Å². The second-order valence-corrected chi connectivity index (χ2v) is 4.24. The van der Waals surface area contributed by atoms with E-state index in [4.69, 9.17) is 17.3 Å². The van der Waals surface area contributed by atoms with E-state index in [1.54, 1.807) is 29.2 Å². The van der Waals surface area contributed by atoms with Crippen molar-refractivity contribution >= 4 is 29.9 Å². The third-order valence-electron chi connectivity index (χ3n) is 2.60. The first kappa shape index (κ1) is 13.3. The quantitative estimate of drug-likeness (QED) is 0.839. The van der Waals surface area contributed by atoms with Gasteiger partial charge < -0.3 is 10.6 Å². The van der Waals surface area contributed by atoms with Crippen molar-refractivity contribution in [1.29, 1.82) is 0 Å². The van der Waals surface area contributed by atoms with Gasteiger partial charge in [-0.05, 0) is 30.7 Å². The third-order valence-corrected chi connectivity index (χ3v) is 2.86. The molecule has 1 aliphatic rings. The number of amides is 1. The van der Waals surface area contributed by atoms with Crippen molar-refractivity contribution in [2.24, 2.45) is 5.73 Å². The topological polar surface area (TPSA) is 46.3 Å². The summed E-state index contributed by atoms with van der Waals surface area (Å²) in [6, 6.07) is 7.07. The molecule has 2 N–H and O–H groups in total. The van der Waals surface area contributed by atoms with E-state index < -0.39 is 0 Å². The van der Waals surface area contributed by atoms with E-state index in [2.05, 4.69) is 0 Å². The van der Waals surface area contributed by atoms with Gasteiger partial charge in [-0.25, -0.2) is 0 Å². The molecule has 16 heavy (non-hydrogen) atoms. The van der Waals surface area contributed by atoms with Gasteiger partial charge in [0.2, 0.25) is 0 Å². The van der Waals surface area contributed by atoms with Crippen LogP contribution in [0.1, 0.15) is 16.8 Å². The standard InChI is InChI=1S/C11H13ClN2O.ClH/c12-9-3-1-8(2-4-9)11(15)14-6-5-10(13)7-14;/h1-4,10H,5-7,13H2;1H. The van der Waals surface area contributed by atoms with Crippen molar-refractivity contribution in [2.45, 2.75) is 12.5 Å². The highest BCUT2D eigenvalue weighted by atomic mass is 35.5. The highest BCUT2D eigenvalue weighted by Gasteiger charge is 2.24. The molecule has 1 heterocycles. The normalized spacial score (nSPS) is 19.4. The molecule has 1 aromatic carbocycles. The lowest BCUT2D eigenvalue weighted by molar-refractivity contribution is 0.0791. The first-order chi connectivity index (χ1) is 7.16. The molecule has 3 nitrogen and oxygen atoms in total. The Kier molecular flexibility index (Phi) is 4.59. The fourth-order valence-electron chi connectivity index (χ4n) is 1.75. The minimum absolute atomic E-state index is 0. The van der Waals surface area contributed by atoms with Crippen molar-refractivity contribution < 1.29 is 4.79 Å². The van der Waals surface area contributed by atoms with E-state index in [0.717, 1.165) is 13.0 Å². The van der Waals surface area contributed by atoms with Gasteiger partial charge in [0.05, 0.1) is 0 Å². The van der Waals surface area contributed by atoms with Gasteiger partial charge in [0.15, 0.2) is 0 Å². The monoisotopic (exact) mass is 260 g/mol. The van der Waals surface area contributed by atoms with Crippen LogP contribution in [-0.2, 0) is 0 Å². The molecule has 1 saturated heterocycles. The molecule has 0 radical (unpaired) electrons. The second kappa shape index (κ2) is 5.53. The number of halogens is 2. The Morgan fingerprint density at radius 2 is 2.00 bits per heavy atom. The fraction of sp³-hybridized carbons (Fsp3) is 0.364. The summed E-state index contributed by atoms with van der Waals surface area (Å²) in [4.78, 5) is 13.7. The number of hydrogen-bond acceptors (Lipinski definition) is 2. The van der Waals surface area contributed by atoms with Gasteiger partial charge in [-0.15, -0.1) is 12.4 Å². The zero-order valence-corrected chi connectivity index (χ0v) is 10.3. The summed E-state index contributed by atoms with van der Waals surface area (Å²) in [6.07, 6.45) is 0.888. The largest absolute Gasteiger partial charge is 0.337 e. The molecule has 2 rings (SSSR count). The van der Waals surface area contributed by atoms with Crippen molar-refractivity contribution in [3.8, 4) is 0 Å². The molecule has 88 valence electrons. The molecule has 0 spiro atoms. The smallest absolute Gasteiger partial charge is 0.253 e. The maximum atomic E-state index is 11.9. The van der Waals surface area contributed by atoms with E-state index in [-0.39, 0.29) is 24.4 Å². The summed E-state index contributed by atoms with van der Waals surface area (Å²) in [5.41, 5.74) is 6.42. The van der Waals surface area contributed by atoms with Crippen LogP contribution >= 0.6 is 24.0 Å². The van der Waals surface area contributed by atoms with Crippen LogP contribution in [0.25, 0.3) is 0 Å². The SMILES string of the molecule is Cl.NC1CCN(C(=O)c2ccc(Cl)cc2)C1. The molecule has 1 unspecified atom stereocenters. The molecule has 1 aliphatic heterocycles. The molecule has 1 aromatic rings. The molecule has 0 aromatic heterocycles. The first-order valence-corrected chi connectivity index (χ1v) is 5.35. The number of nitrogens with zero attached hydrogens (tertiary/aromatic N) is 1. The van der Waals surface area contributed by atoms with Crippen LogP contribution in [0.4, 0.5) is 0 Å². The minimum Gasteiger partial charge on any atom is -0.337 e. The molecule has 5 heteroatoms. The van der Waals surface area contributed by atoms with Crippen LogP contribution in [0.3, 0.4) is 0 Å². The third kappa shape index (κ3) is 2.88. The Morgan fingerprint density at radius 1 is 1.38 bits per heavy atom. The summed E-state index contributed by atoms with van der Waals surface area (Å²) < 4.78 is 0. The predicted octanol–water partition coefficient (Wildman–Crippen LogP) is 1.94. The Labute approximate surface area is 106 Å². The zero-order chi connectivity index (χ0) is 10.8. The molecule has 0 aliphatic carbocycles. The molecule has 1 fully saturated rings. The Balaban J connectivity index is 0.00000128. The highest BCUT2D eigenvalue weighted by molar-refractivity contribution is 6.30. The highest BCUT2D eigenvalue weighted by Crippen LogP contribution is 2.14. The van der Waals surface area contributed by atoms with Crippen molar-refractivity contribution in [3.05, 3.63) is 34.9 Å². The molecule has 1 amide bonds. The van der Waals surface area contributed by atoms with E-state index >= 15 is 0 Å². The van der Waals surface area contributed by atoms with Crippen molar-refractivity contribution in [1.82, 2.24) is 4.90 Å². The number of benzene rings is 1. The van der Waals surface area contributed by atoms with Crippen molar-refractivity contribution in [2.75, 3.05) is 13.1 Å². The van der Waals surface area contributed by atoms with Gasteiger partial charge in [-0.2, -0.15) is 0 Å². The van der Waals surface area contributed by atoms with Gasteiger partial charge in [0, 0.05) is 29.7 Å². The Morgan fingerprint density at radius 3 is 2.50 bits per heavy atom. The number of hydrogen-bond donors (Lipinski definition) is 1. The van der Waals surface area contributed by atoms with E-state index in [1.165, 1.54) is 0 Å². The summed E-state index contributed by atoms with van der Waals surface area (Å²) in [6.45, 7) is 1.41. The lowest BCUT2D eigenvalue weighted by Crippen LogP contribution is -2.31. The maximum Gasteiger partial charge on any atom is 0.253 e. The first-order valence-electron chi connectivity index (χ1n) is 4.97. The molecule has 0 saturated carbocycles. The number of carbonyl (C=O) groups is 1. The Hall–Kier alpha value is -0.770. The van der Waals surface area contributed by atoms with Crippen LogP contribution in [0, 0.1) is 0 Å². The van der Waals surface area contributed by atoms with Crippen molar-refractivity contribution in [3.63, 3.8) is 0 Å². The number of carbonyl (C=O) groups excluding carboxylic acids is 1. The van der Waals surface area contributed by atoms with Crippen LogP contribution in [0.5, 0.6) is 0 Å². The summed E-state index contributed by atoms with van der Waals surface area (Å²) in [7, 11) is 0. The zero-order valence-electron chi connectivity index (χ0n) is 8.73. The van der Waals surface area contributed by atoms with Gasteiger partial charge in [-0.1, -0.05) is 11.6 Å². The van der Waals surface area contributed by atoms with Gasteiger partial charge >= 0.3 is 0 Å². The average Bonchev–Trinajstić information content (AvgIpc) is 2.65. The summed E-state index contributed by atoms with van der Waals surface area (Å²) in [5.74, 6) is 0.0413. The van der Waals surface area contributed by atoms with Crippen LogP contribution < -0.4 is 5.73 Å². The van der Waals surface area contributed by atoms with Gasteiger partial charge in [0.1, 0.15) is 0 Å². The van der Waals surface area contributed by atoms with Crippen LogP contribution in [0.15, 0.2) is 24.3 Å². The lowest BCUT2D eigenvalue weighted by atomic mass is 10.2. The fourth-order valence-corrected chi connectivity index (χ4v) is 1.87. The lowest BCUT2D eigenvalue weighted by Gasteiger charge is -2.15. The second-order valence-electron chi connectivity index (χ2n) is 3.81. The summed E-state index contributed by atoms with van der Waals surface area (Å²) in [5, 5.41) is 0.643. The van der Waals surface area contributed by atoms with Crippen LogP contribution in [0.2, 0.25) is 5.02 Å². The molecule has 1 atom stereocenters. The van der Waals surface area contributed by atoms with Gasteiger partial charge in [-0.3, -0.25) is 4.79 Å². The number of nitrogens with two attached hydrogens (primary N) is 1. The van der Waals surface area contributed by atoms with Gasteiger partial charge in [0.25, 0.3) is 5.91 Å². The Bertz CT molecular complexity index is 367. The van der Waals surface area contributed by atoms with E-state index in [0.29, 0.717) is 17.1 Å². The van der Waals surface area contributed by atoms with E-state index in [9.17, 15) is 4.79 Å². The molecule has 0 bridgehead atoms. The number of rotatable bonds is 1. The molecular weight excluding hydrogens is 247 g/mol. The van der Waals surface area contributed by atoms with E-state index in [1.807, 2.05) is 0 Å². The summed E-state index contributed by atoms with van der Waals surface area (Å²) >= 11 is 5.75. The maximum absolute atomic E-state index is 11.9. The number of likely N-dealkylation sites (tertiary alicyclic amines) is 1. The molecular formula is C11H14Cl2N2O.